The van der Waals surface area contributed by atoms with Gasteiger partial charge in [0.2, 0.25) is 0 Å². The van der Waals surface area contributed by atoms with Crippen molar-refractivity contribution in [1.82, 2.24) is 4.98 Å². The number of ether oxygens (including phenoxy) is 1. The molecule has 0 saturated heterocycles. The van der Waals surface area contributed by atoms with Gasteiger partial charge in [0.1, 0.15) is 4.47 Å². The van der Waals surface area contributed by atoms with Crippen LogP contribution in [0.2, 0.25) is 0 Å². The van der Waals surface area contributed by atoms with Gasteiger partial charge in [-0.15, -0.1) is 0 Å². The summed E-state index contributed by atoms with van der Waals surface area (Å²) >= 11 is 3.10. The highest BCUT2D eigenvalue weighted by Gasteiger charge is 2.20. The zero-order valence-corrected chi connectivity index (χ0v) is 8.40. The number of anilines is 1. The van der Waals surface area contributed by atoms with Crippen molar-refractivity contribution >= 4 is 21.7 Å². The maximum absolute atomic E-state index is 13.2. The molecule has 0 spiro atoms. The van der Waals surface area contributed by atoms with Gasteiger partial charge >= 0.3 is 0 Å². The van der Waals surface area contributed by atoms with Crippen LogP contribution in [0.25, 0.3) is 0 Å². The third-order valence-electron chi connectivity index (χ3n) is 1.94. The maximum Gasteiger partial charge on any atom is 0.183 e. The molecule has 0 radical (unpaired) electrons. The summed E-state index contributed by atoms with van der Waals surface area (Å²) in [6, 6.07) is 0. The van der Waals surface area contributed by atoms with Crippen LogP contribution in [0.1, 0.15) is 12.1 Å². The van der Waals surface area contributed by atoms with Crippen LogP contribution in [0.3, 0.4) is 0 Å². The van der Waals surface area contributed by atoms with E-state index >= 15 is 0 Å². The first-order valence-corrected chi connectivity index (χ1v) is 4.75. The molecule has 0 aliphatic carbocycles. The Bertz CT molecular complexity index is 356. The van der Waals surface area contributed by atoms with E-state index in [1.807, 2.05) is 0 Å². The molecule has 70 valence electrons. The van der Waals surface area contributed by atoms with Crippen LogP contribution in [0, 0.1) is 5.82 Å². The molecule has 2 rings (SSSR count). The summed E-state index contributed by atoms with van der Waals surface area (Å²) in [4.78, 5) is 3.92. The molecule has 0 fully saturated rings. The lowest BCUT2D eigenvalue weighted by atomic mass is 10.1. The zero-order chi connectivity index (χ0) is 9.42. The fourth-order valence-corrected chi connectivity index (χ4v) is 1.86. The van der Waals surface area contributed by atoms with Crippen molar-refractivity contribution in [3.8, 4) is 5.75 Å². The second-order valence-corrected chi connectivity index (χ2v) is 3.65. The van der Waals surface area contributed by atoms with Gasteiger partial charge < -0.3 is 10.5 Å². The molecule has 2 heterocycles. The van der Waals surface area contributed by atoms with Gasteiger partial charge in [-0.1, -0.05) is 0 Å². The normalized spacial score (nSPS) is 14.9. The second-order valence-electron chi connectivity index (χ2n) is 2.85. The van der Waals surface area contributed by atoms with E-state index in [9.17, 15) is 4.39 Å². The lowest BCUT2D eigenvalue weighted by Gasteiger charge is -2.18. The summed E-state index contributed by atoms with van der Waals surface area (Å²) in [7, 11) is 0. The predicted octanol–water partition coefficient (Wildman–Crippen LogP) is 1.89. The molecule has 0 atom stereocenters. The number of pyridine rings is 1. The number of nitrogens with zero attached hydrogens (tertiary/aromatic N) is 1. The quantitative estimate of drug-likeness (QED) is 0.761. The largest absolute Gasteiger partial charge is 0.490 e. The molecular formula is C8H8BrFN2O. The molecule has 0 unspecified atom stereocenters. The average molecular weight is 247 g/mol. The molecule has 1 aliphatic heterocycles. The van der Waals surface area contributed by atoms with Gasteiger partial charge in [-0.05, 0) is 28.8 Å². The molecule has 0 amide bonds. The van der Waals surface area contributed by atoms with Crippen LogP contribution in [0.15, 0.2) is 4.47 Å². The first-order valence-electron chi connectivity index (χ1n) is 3.96. The standard InChI is InChI=1S/C8H8BrFN2O/c9-5-6(10)8(11)12-4-2-1-3-13-7(4)5/h1-3H2,(H2,11,12). The number of fused-ring (bicyclic) bond motifs is 1. The Morgan fingerprint density at radius 3 is 3.08 bits per heavy atom. The fourth-order valence-electron chi connectivity index (χ4n) is 1.31. The Kier molecular flexibility index (Phi) is 2.11. The number of aromatic nitrogens is 1. The topological polar surface area (TPSA) is 48.1 Å². The molecule has 1 aromatic rings. The van der Waals surface area contributed by atoms with Crippen LogP contribution >= 0.6 is 15.9 Å². The third-order valence-corrected chi connectivity index (χ3v) is 2.65. The fraction of sp³-hybridized carbons (Fsp3) is 0.375. The van der Waals surface area contributed by atoms with E-state index < -0.39 is 5.82 Å². The molecule has 13 heavy (non-hydrogen) atoms. The Morgan fingerprint density at radius 2 is 2.31 bits per heavy atom. The number of halogens is 2. The summed E-state index contributed by atoms with van der Waals surface area (Å²) < 4.78 is 18.8. The molecule has 0 bridgehead atoms. The molecule has 0 aromatic carbocycles. The lowest BCUT2D eigenvalue weighted by Crippen LogP contribution is -2.13. The molecule has 2 N–H and O–H groups in total. The molecule has 0 saturated carbocycles. The monoisotopic (exact) mass is 246 g/mol. The maximum atomic E-state index is 13.2. The van der Waals surface area contributed by atoms with Crippen molar-refractivity contribution in [3.05, 3.63) is 16.0 Å². The van der Waals surface area contributed by atoms with Crippen molar-refractivity contribution in [2.75, 3.05) is 12.3 Å². The number of nitrogen functional groups attached to an aromatic ring is 1. The molecule has 5 heteroatoms. The zero-order valence-electron chi connectivity index (χ0n) is 6.81. The molecule has 3 nitrogen and oxygen atoms in total. The summed E-state index contributed by atoms with van der Waals surface area (Å²) in [5, 5.41) is 0. The van der Waals surface area contributed by atoms with Gasteiger partial charge in [0.15, 0.2) is 17.4 Å². The van der Waals surface area contributed by atoms with Crippen LogP contribution in [0.5, 0.6) is 5.75 Å². The van der Waals surface area contributed by atoms with Gasteiger partial charge in [0, 0.05) is 0 Å². The Labute approximate surface area is 83.2 Å². The summed E-state index contributed by atoms with van der Waals surface area (Å²) in [5.41, 5.74) is 6.11. The first kappa shape index (κ1) is 8.74. The van der Waals surface area contributed by atoms with Crippen molar-refractivity contribution in [2.24, 2.45) is 0 Å². The molecule has 1 aromatic heterocycles. The summed E-state index contributed by atoms with van der Waals surface area (Å²) in [6.07, 6.45) is 1.69. The Hall–Kier alpha value is -0.840. The lowest BCUT2D eigenvalue weighted by molar-refractivity contribution is 0.281. The minimum atomic E-state index is -0.541. The number of hydrogen-bond acceptors (Lipinski definition) is 3. The van der Waals surface area contributed by atoms with Crippen LogP contribution < -0.4 is 10.5 Å². The first-order chi connectivity index (χ1) is 6.20. The van der Waals surface area contributed by atoms with Crippen molar-refractivity contribution in [2.45, 2.75) is 12.8 Å². The number of rotatable bonds is 0. The van der Waals surface area contributed by atoms with Gasteiger partial charge in [-0.2, -0.15) is 0 Å². The molecular weight excluding hydrogens is 239 g/mol. The number of hydrogen-bond donors (Lipinski definition) is 1. The SMILES string of the molecule is Nc1nc2c(c(Br)c1F)OCCC2. The summed E-state index contributed by atoms with van der Waals surface area (Å²) in [6.45, 7) is 0.608. The average Bonchev–Trinajstić information content (AvgIpc) is 2.15. The van der Waals surface area contributed by atoms with Gasteiger partial charge in [0.05, 0.1) is 12.3 Å². The van der Waals surface area contributed by atoms with Crippen molar-refractivity contribution < 1.29 is 9.13 Å². The van der Waals surface area contributed by atoms with Crippen molar-refractivity contribution in [1.29, 1.82) is 0 Å². The third kappa shape index (κ3) is 1.37. The van der Waals surface area contributed by atoms with Gasteiger partial charge in [-0.25, -0.2) is 9.37 Å². The minimum Gasteiger partial charge on any atom is -0.490 e. The minimum absolute atomic E-state index is 0.0730. The van der Waals surface area contributed by atoms with E-state index in [2.05, 4.69) is 20.9 Å². The highest BCUT2D eigenvalue weighted by Crippen LogP contribution is 2.35. The second kappa shape index (κ2) is 3.14. The smallest absolute Gasteiger partial charge is 0.183 e. The van der Waals surface area contributed by atoms with E-state index in [4.69, 9.17) is 10.5 Å². The van der Waals surface area contributed by atoms with Crippen LogP contribution in [-0.2, 0) is 6.42 Å². The van der Waals surface area contributed by atoms with Crippen LogP contribution in [0.4, 0.5) is 10.2 Å². The van der Waals surface area contributed by atoms with Gasteiger partial charge in [0.25, 0.3) is 0 Å². The summed E-state index contributed by atoms with van der Waals surface area (Å²) in [5.74, 6) is -0.116. The molecule has 1 aliphatic rings. The highest BCUT2D eigenvalue weighted by molar-refractivity contribution is 9.10. The van der Waals surface area contributed by atoms with E-state index in [-0.39, 0.29) is 10.3 Å². The predicted molar refractivity (Wildman–Crippen MR) is 50.1 cm³/mol. The number of nitrogens with two attached hydrogens (primary N) is 1. The van der Waals surface area contributed by atoms with Crippen LogP contribution in [-0.4, -0.2) is 11.6 Å². The Morgan fingerprint density at radius 1 is 1.54 bits per heavy atom. The van der Waals surface area contributed by atoms with Gasteiger partial charge in [-0.3, -0.25) is 0 Å². The van der Waals surface area contributed by atoms with E-state index in [0.717, 1.165) is 18.5 Å². The van der Waals surface area contributed by atoms with E-state index in [1.165, 1.54) is 0 Å². The number of aryl methyl sites for hydroxylation is 1. The van der Waals surface area contributed by atoms with E-state index in [0.29, 0.717) is 12.4 Å². The van der Waals surface area contributed by atoms with E-state index in [1.54, 1.807) is 0 Å². The Balaban J connectivity index is 2.60. The van der Waals surface area contributed by atoms with Crippen molar-refractivity contribution in [3.63, 3.8) is 0 Å². The highest BCUT2D eigenvalue weighted by atomic mass is 79.9.